The topological polar surface area (TPSA) is 80.3 Å². The molecule has 190 valence electrons. The number of carbonyl (C=O) groups excluding carboxylic acids is 2. The van der Waals surface area contributed by atoms with E-state index in [4.69, 9.17) is 14.2 Å². The maximum atomic E-state index is 14.1. The number of methoxy groups -OCH3 is 2. The van der Waals surface area contributed by atoms with E-state index in [9.17, 15) is 9.59 Å². The predicted octanol–water partition coefficient (Wildman–Crippen LogP) is 4.34. The number of unbranched alkanes of at least 4 members (excludes halogenated alkanes) is 1. The van der Waals surface area contributed by atoms with Gasteiger partial charge in [-0.2, -0.15) is 0 Å². The van der Waals surface area contributed by atoms with Gasteiger partial charge in [0.2, 0.25) is 0 Å². The van der Waals surface area contributed by atoms with Crippen LogP contribution in [0.25, 0.3) is 0 Å². The third-order valence-corrected chi connectivity index (χ3v) is 7.10. The van der Waals surface area contributed by atoms with Crippen LogP contribution in [0.2, 0.25) is 0 Å². The molecule has 0 saturated carbocycles. The number of benzene rings is 2. The molecule has 2 atom stereocenters. The molecule has 0 fully saturated rings. The first-order valence-corrected chi connectivity index (χ1v) is 12.7. The molecule has 1 aliphatic rings. The number of hydrogen-bond acceptors (Lipinski definition) is 7. The Kier molecular flexibility index (Phi) is 9.68. The zero-order valence-electron chi connectivity index (χ0n) is 21.1. The van der Waals surface area contributed by atoms with E-state index in [-0.39, 0.29) is 5.91 Å². The molecule has 0 spiro atoms. The summed E-state index contributed by atoms with van der Waals surface area (Å²) in [5.41, 5.74) is 1.56. The van der Waals surface area contributed by atoms with Crippen LogP contribution in [0, 0.1) is 0 Å². The van der Waals surface area contributed by atoms with Crippen molar-refractivity contribution in [3.8, 4) is 11.5 Å². The second-order valence-electron chi connectivity index (χ2n) is 8.52. The number of thioether (sulfide) groups is 1. The summed E-state index contributed by atoms with van der Waals surface area (Å²) in [4.78, 5) is 31.4. The van der Waals surface area contributed by atoms with E-state index in [2.05, 4.69) is 5.32 Å². The van der Waals surface area contributed by atoms with Crippen molar-refractivity contribution in [2.24, 2.45) is 0 Å². The third kappa shape index (κ3) is 6.61. The Balaban J connectivity index is 2.06. The fourth-order valence-corrected chi connectivity index (χ4v) is 5.16. The molecule has 35 heavy (non-hydrogen) atoms. The van der Waals surface area contributed by atoms with Crippen molar-refractivity contribution >= 4 is 29.4 Å². The lowest BCUT2D eigenvalue weighted by Gasteiger charge is -2.29. The Morgan fingerprint density at radius 3 is 2.49 bits per heavy atom. The summed E-state index contributed by atoms with van der Waals surface area (Å²) >= 11 is 1.49. The summed E-state index contributed by atoms with van der Waals surface area (Å²) < 4.78 is 16.8. The first-order valence-electron chi connectivity index (χ1n) is 11.8. The van der Waals surface area contributed by atoms with Crippen LogP contribution in [-0.4, -0.2) is 71.0 Å². The molecule has 2 aromatic rings. The minimum Gasteiger partial charge on any atom is -0.497 e. The Bertz CT molecular complexity index is 999. The van der Waals surface area contributed by atoms with Gasteiger partial charge in [0, 0.05) is 24.5 Å². The highest BCUT2D eigenvalue weighted by molar-refractivity contribution is 7.99. The van der Waals surface area contributed by atoms with Crippen molar-refractivity contribution in [2.45, 2.75) is 36.0 Å². The van der Waals surface area contributed by atoms with E-state index in [1.54, 1.807) is 19.1 Å². The number of para-hydroxylation sites is 1. The number of hydrogen-bond donors (Lipinski definition) is 1. The number of ether oxygens (including phenoxy) is 3. The molecule has 1 heterocycles. The molecule has 0 bridgehead atoms. The highest BCUT2D eigenvalue weighted by atomic mass is 32.2. The molecule has 0 aliphatic carbocycles. The van der Waals surface area contributed by atoms with Gasteiger partial charge in [0.15, 0.2) is 6.10 Å². The van der Waals surface area contributed by atoms with Crippen molar-refractivity contribution in [3.63, 3.8) is 0 Å². The molecule has 0 saturated heterocycles. The second kappa shape index (κ2) is 12.7. The zero-order valence-corrected chi connectivity index (χ0v) is 21.9. The van der Waals surface area contributed by atoms with Crippen molar-refractivity contribution in [3.05, 3.63) is 48.0 Å². The number of carbonyl (C=O) groups is 2. The van der Waals surface area contributed by atoms with Gasteiger partial charge >= 0.3 is 6.09 Å². The third-order valence-electron chi connectivity index (χ3n) is 5.74. The minimum atomic E-state index is -1.03. The van der Waals surface area contributed by atoms with Gasteiger partial charge in [-0.25, -0.2) is 4.79 Å². The lowest BCUT2D eigenvalue weighted by Crippen LogP contribution is -2.46. The summed E-state index contributed by atoms with van der Waals surface area (Å²) in [6.07, 6.45) is 0.151. The van der Waals surface area contributed by atoms with Crippen LogP contribution in [0.15, 0.2) is 47.4 Å². The highest BCUT2D eigenvalue weighted by Crippen LogP contribution is 2.49. The van der Waals surface area contributed by atoms with Gasteiger partial charge in [-0.15, -0.1) is 11.8 Å². The van der Waals surface area contributed by atoms with Crippen molar-refractivity contribution in [2.75, 3.05) is 52.8 Å². The Labute approximate surface area is 211 Å². The Hall–Kier alpha value is -2.91. The number of nitrogens with one attached hydrogen (secondary N) is 1. The lowest BCUT2D eigenvalue weighted by molar-refractivity contribution is -0.126. The largest absolute Gasteiger partial charge is 0.497 e. The maximum Gasteiger partial charge on any atom is 0.407 e. The number of nitrogens with zero attached hydrogens (tertiary/aromatic N) is 2. The van der Waals surface area contributed by atoms with E-state index in [0.717, 1.165) is 23.3 Å². The molecule has 8 nitrogen and oxygen atoms in total. The highest BCUT2D eigenvalue weighted by Gasteiger charge is 2.42. The van der Waals surface area contributed by atoms with Gasteiger partial charge in [0.25, 0.3) is 5.91 Å². The van der Waals surface area contributed by atoms with Crippen LogP contribution < -0.4 is 19.7 Å². The number of fused-ring (bicyclic) bond motifs is 1. The number of likely N-dealkylation sites (N-methyl/N-ethyl adjacent to an activating group) is 1. The molecule has 3 rings (SSSR count). The van der Waals surface area contributed by atoms with Crippen molar-refractivity contribution in [1.29, 1.82) is 0 Å². The molecular formula is C26H35N3O5S. The van der Waals surface area contributed by atoms with Gasteiger partial charge in [-0.3, -0.25) is 4.79 Å². The normalized spacial score (nSPS) is 17.5. The standard InChI is InChI=1S/C26H35N3O5S/c1-6-7-15-27-26(31)34-23-24(18-11-13-19(32-4)14-12-18)35-21-10-8-9-20(33-5)22(21)29(25(23)30)17-16-28(2)3/h8-14,23-24H,6-7,15-17H2,1-5H3,(H,27,31)/t23-,24+/m0/s1. The van der Waals surface area contributed by atoms with E-state index < -0.39 is 17.4 Å². The summed E-state index contributed by atoms with van der Waals surface area (Å²) in [5.74, 6) is 1.03. The number of amides is 2. The van der Waals surface area contributed by atoms with Crippen LogP contribution >= 0.6 is 11.8 Å². The van der Waals surface area contributed by atoms with Gasteiger partial charge in [-0.1, -0.05) is 31.5 Å². The molecule has 0 aromatic heterocycles. The fraction of sp³-hybridized carbons (Fsp3) is 0.462. The molecule has 0 radical (unpaired) electrons. The average molecular weight is 502 g/mol. The smallest absolute Gasteiger partial charge is 0.407 e. The monoisotopic (exact) mass is 501 g/mol. The minimum absolute atomic E-state index is 0.283. The molecule has 9 heteroatoms. The summed E-state index contributed by atoms with van der Waals surface area (Å²) in [6.45, 7) is 3.60. The molecule has 0 unspecified atom stereocenters. The number of alkyl carbamates (subject to hydrolysis) is 1. The second-order valence-corrected chi connectivity index (χ2v) is 9.70. The van der Waals surface area contributed by atoms with Crippen molar-refractivity contribution in [1.82, 2.24) is 10.2 Å². The maximum absolute atomic E-state index is 14.1. The first kappa shape index (κ1) is 26.7. The lowest BCUT2D eigenvalue weighted by atomic mass is 10.1. The van der Waals surface area contributed by atoms with Gasteiger partial charge < -0.3 is 29.3 Å². The molecular weight excluding hydrogens is 466 g/mol. The quantitative estimate of drug-likeness (QED) is 0.485. The molecule has 1 aliphatic heterocycles. The molecule has 1 N–H and O–H groups in total. The number of rotatable bonds is 10. The van der Waals surface area contributed by atoms with Crippen LogP contribution in [0.5, 0.6) is 11.5 Å². The zero-order chi connectivity index (χ0) is 25.4. The van der Waals surface area contributed by atoms with E-state index >= 15 is 0 Å². The Morgan fingerprint density at radius 1 is 1.11 bits per heavy atom. The van der Waals surface area contributed by atoms with E-state index in [1.807, 2.05) is 68.4 Å². The average Bonchev–Trinajstić information content (AvgIpc) is 2.97. The van der Waals surface area contributed by atoms with Crippen LogP contribution in [0.4, 0.5) is 10.5 Å². The van der Waals surface area contributed by atoms with Gasteiger partial charge in [0.1, 0.15) is 11.5 Å². The predicted molar refractivity (Wildman–Crippen MR) is 139 cm³/mol. The summed E-state index contributed by atoms with van der Waals surface area (Å²) in [5, 5.41) is 2.32. The van der Waals surface area contributed by atoms with E-state index in [0.29, 0.717) is 36.8 Å². The van der Waals surface area contributed by atoms with Crippen LogP contribution in [-0.2, 0) is 9.53 Å². The molecule has 2 aromatic carbocycles. The van der Waals surface area contributed by atoms with Crippen molar-refractivity contribution < 1.29 is 23.8 Å². The van der Waals surface area contributed by atoms with Gasteiger partial charge in [-0.05, 0) is 50.3 Å². The summed E-state index contributed by atoms with van der Waals surface area (Å²) in [7, 11) is 7.11. The summed E-state index contributed by atoms with van der Waals surface area (Å²) in [6, 6.07) is 13.2. The number of anilines is 1. The first-order chi connectivity index (χ1) is 16.9. The Morgan fingerprint density at radius 2 is 1.86 bits per heavy atom. The van der Waals surface area contributed by atoms with Gasteiger partial charge in [0.05, 0.1) is 25.2 Å². The SMILES string of the molecule is CCCCNC(=O)O[C@@H]1C(=O)N(CCN(C)C)c2c(OC)cccc2S[C@@H]1c1ccc(OC)cc1. The molecule has 2 amide bonds. The van der Waals surface area contributed by atoms with Crippen LogP contribution in [0.3, 0.4) is 0 Å². The van der Waals surface area contributed by atoms with E-state index in [1.165, 1.54) is 11.8 Å². The van der Waals surface area contributed by atoms with Crippen LogP contribution in [0.1, 0.15) is 30.6 Å². The fourth-order valence-electron chi connectivity index (χ4n) is 3.81.